The van der Waals surface area contributed by atoms with Gasteiger partial charge in [0.1, 0.15) is 5.69 Å². The largest absolute Gasteiger partial charge is 0.515 e. The van der Waals surface area contributed by atoms with Gasteiger partial charge in [0.15, 0.2) is 5.78 Å². The summed E-state index contributed by atoms with van der Waals surface area (Å²) in [6.45, 7) is 6.13. The summed E-state index contributed by atoms with van der Waals surface area (Å²) >= 11 is 0. The van der Waals surface area contributed by atoms with Crippen LogP contribution in [-0.2, 0) is 30.7 Å². The van der Waals surface area contributed by atoms with E-state index in [2.05, 4.69) is 22.3 Å². The van der Waals surface area contributed by atoms with E-state index < -0.39 is 5.41 Å². The van der Waals surface area contributed by atoms with Gasteiger partial charge in [-0.15, -0.1) is 10.2 Å². The number of aryl methyl sites for hydroxylation is 2. The highest BCUT2D eigenvalue weighted by molar-refractivity contribution is 6.01. The van der Waals surface area contributed by atoms with E-state index in [1.165, 1.54) is 4.80 Å². The van der Waals surface area contributed by atoms with Crippen molar-refractivity contribution in [3.8, 4) is 11.5 Å². The van der Waals surface area contributed by atoms with Gasteiger partial charge >= 0.3 is 0 Å². The van der Waals surface area contributed by atoms with E-state index in [-0.39, 0.29) is 17.1 Å². The van der Waals surface area contributed by atoms with E-state index >= 15 is 0 Å². The number of hydrogen-bond donors (Lipinski definition) is 1. The lowest BCUT2D eigenvalue weighted by Gasteiger charge is -2.52. The van der Waals surface area contributed by atoms with Gasteiger partial charge in [-0.25, -0.2) is 0 Å². The molecular formula is C18H24N6O2. The molecule has 0 spiro atoms. The van der Waals surface area contributed by atoms with Crippen LogP contribution in [0.15, 0.2) is 11.8 Å². The van der Waals surface area contributed by atoms with Crippen LogP contribution >= 0.6 is 0 Å². The molecule has 2 aliphatic carbocycles. The first kappa shape index (κ1) is 16.9. The molecule has 0 radical (unpaired) electrons. The van der Waals surface area contributed by atoms with Gasteiger partial charge in [-0.1, -0.05) is 20.8 Å². The number of fused-ring (bicyclic) bond motifs is 3. The van der Waals surface area contributed by atoms with Crippen LogP contribution < -0.4 is 0 Å². The number of carbonyl (C=O) groups excluding carboxylic acids is 1. The molecule has 0 unspecified atom stereocenters. The standard InChI is InChI=1S/C18H24N6O2/c1-17(2)12-7-6-11-13(16-19-22-24(5)21-16)23(4)20-14(11)18(12,3)8-10(9-25)15(17)26/h9,12,25H,6-8H2,1-5H3/b10-9-/t12-,18-/m0/s1. The summed E-state index contributed by atoms with van der Waals surface area (Å²) < 4.78 is 1.82. The number of carbonyl (C=O) groups is 1. The summed E-state index contributed by atoms with van der Waals surface area (Å²) in [7, 11) is 3.63. The molecule has 1 fully saturated rings. The molecule has 2 heterocycles. The number of tetrazole rings is 1. The second kappa shape index (κ2) is 5.25. The normalized spacial score (nSPS) is 28.9. The maximum absolute atomic E-state index is 12.8. The molecule has 26 heavy (non-hydrogen) atoms. The Kier molecular flexibility index (Phi) is 3.42. The van der Waals surface area contributed by atoms with E-state index in [4.69, 9.17) is 5.10 Å². The van der Waals surface area contributed by atoms with Crippen molar-refractivity contribution in [2.45, 2.75) is 45.4 Å². The third kappa shape index (κ3) is 2.04. The van der Waals surface area contributed by atoms with Crippen molar-refractivity contribution in [2.24, 2.45) is 25.4 Å². The molecule has 8 nitrogen and oxygen atoms in total. The fourth-order valence-electron chi connectivity index (χ4n) is 5.21. The molecule has 0 saturated heterocycles. The summed E-state index contributed by atoms with van der Waals surface area (Å²) in [5.41, 5.74) is 2.61. The highest BCUT2D eigenvalue weighted by Gasteiger charge is 2.57. The van der Waals surface area contributed by atoms with Crippen LogP contribution in [0.1, 0.15) is 44.9 Å². The molecule has 0 aromatic carbocycles. The molecule has 138 valence electrons. The van der Waals surface area contributed by atoms with Crippen molar-refractivity contribution in [3.05, 3.63) is 23.1 Å². The summed E-state index contributed by atoms with van der Waals surface area (Å²) in [6, 6.07) is 0. The molecule has 2 aromatic heterocycles. The predicted molar refractivity (Wildman–Crippen MR) is 94.3 cm³/mol. The SMILES string of the molecule is Cn1nnc(-c2c3c(nn2C)[C@@]2(C)C/C(=C/O)C(=O)C(C)(C)[C@@H]2CC3)n1. The first-order valence-corrected chi connectivity index (χ1v) is 8.89. The van der Waals surface area contributed by atoms with E-state index in [1.807, 2.05) is 25.6 Å². The minimum atomic E-state index is -0.540. The van der Waals surface area contributed by atoms with Crippen LogP contribution in [0.3, 0.4) is 0 Å². The lowest BCUT2D eigenvalue weighted by molar-refractivity contribution is -0.131. The van der Waals surface area contributed by atoms with Crippen LogP contribution in [0.4, 0.5) is 0 Å². The monoisotopic (exact) mass is 356 g/mol. The smallest absolute Gasteiger partial charge is 0.223 e. The maximum Gasteiger partial charge on any atom is 0.223 e. The number of nitrogens with zero attached hydrogens (tertiary/aromatic N) is 6. The van der Waals surface area contributed by atoms with Crippen molar-refractivity contribution in [1.82, 2.24) is 30.0 Å². The minimum Gasteiger partial charge on any atom is -0.515 e. The number of rotatable bonds is 1. The average Bonchev–Trinajstić information content (AvgIpc) is 3.14. The topological polar surface area (TPSA) is 98.7 Å². The zero-order valence-corrected chi connectivity index (χ0v) is 15.8. The summed E-state index contributed by atoms with van der Waals surface area (Å²) in [5.74, 6) is 0.767. The van der Waals surface area contributed by atoms with Crippen molar-refractivity contribution in [3.63, 3.8) is 0 Å². The second-order valence-electron chi connectivity index (χ2n) is 8.29. The molecule has 0 bridgehead atoms. The Labute approximate surface area is 151 Å². The van der Waals surface area contributed by atoms with Gasteiger partial charge in [0.2, 0.25) is 5.82 Å². The average molecular weight is 356 g/mol. The third-order valence-electron chi connectivity index (χ3n) is 6.32. The molecule has 1 saturated carbocycles. The summed E-state index contributed by atoms with van der Waals surface area (Å²) in [6.07, 6.45) is 3.19. The molecule has 0 aliphatic heterocycles. The Morgan fingerprint density at radius 2 is 1.96 bits per heavy atom. The van der Waals surface area contributed by atoms with Crippen LogP contribution in [0.2, 0.25) is 0 Å². The Morgan fingerprint density at radius 3 is 2.58 bits per heavy atom. The van der Waals surface area contributed by atoms with Gasteiger partial charge in [0.05, 0.1) is 19.0 Å². The lowest BCUT2D eigenvalue weighted by Crippen LogP contribution is -2.53. The van der Waals surface area contributed by atoms with Crippen LogP contribution in [0.25, 0.3) is 11.5 Å². The molecule has 2 aromatic rings. The summed E-state index contributed by atoms with van der Waals surface area (Å²) in [5, 5.41) is 26.9. The lowest BCUT2D eigenvalue weighted by atomic mass is 9.50. The number of aromatic nitrogens is 6. The van der Waals surface area contributed by atoms with Crippen LogP contribution in [-0.4, -0.2) is 40.9 Å². The first-order chi connectivity index (χ1) is 12.2. The fourth-order valence-corrected chi connectivity index (χ4v) is 5.21. The Bertz CT molecular complexity index is 938. The molecule has 0 amide bonds. The van der Waals surface area contributed by atoms with Crippen molar-refractivity contribution in [1.29, 1.82) is 0 Å². The Balaban J connectivity index is 1.91. The van der Waals surface area contributed by atoms with Gasteiger partial charge in [-0.3, -0.25) is 9.48 Å². The minimum absolute atomic E-state index is 0.0395. The van der Waals surface area contributed by atoms with Crippen LogP contribution in [0.5, 0.6) is 0 Å². The highest BCUT2D eigenvalue weighted by atomic mass is 16.2. The van der Waals surface area contributed by atoms with E-state index in [0.717, 1.165) is 36.1 Å². The Hall–Kier alpha value is -2.51. The van der Waals surface area contributed by atoms with Crippen LogP contribution in [0, 0.1) is 11.3 Å². The van der Waals surface area contributed by atoms with Gasteiger partial charge in [0, 0.05) is 29.0 Å². The molecule has 2 aliphatic rings. The Morgan fingerprint density at radius 1 is 1.23 bits per heavy atom. The molecule has 2 atom stereocenters. The van der Waals surface area contributed by atoms with Crippen molar-refractivity contribution < 1.29 is 9.90 Å². The number of ketones is 1. The van der Waals surface area contributed by atoms with Crippen molar-refractivity contribution in [2.75, 3.05) is 0 Å². The number of hydrogen-bond acceptors (Lipinski definition) is 6. The maximum atomic E-state index is 12.8. The van der Waals surface area contributed by atoms with Gasteiger partial charge < -0.3 is 5.11 Å². The number of Topliss-reactive ketones (excluding diaryl/α,β-unsaturated/α-hetero) is 1. The van der Waals surface area contributed by atoms with E-state index in [1.54, 1.807) is 7.05 Å². The molecule has 8 heteroatoms. The molecular weight excluding hydrogens is 332 g/mol. The number of allylic oxidation sites excluding steroid dienone is 1. The number of aliphatic hydroxyl groups excluding tert-OH is 1. The second-order valence-corrected chi connectivity index (χ2v) is 8.29. The third-order valence-corrected chi connectivity index (χ3v) is 6.32. The zero-order chi connectivity index (χ0) is 18.9. The van der Waals surface area contributed by atoms with Gasteiger partial charge in [-0.2, -0.15) is 9.90 Å². The van der Waals surface area contributed by atoms with E-state index in [9.17, 15) is 9.90 Å². The summed E-state index contributed by atoms with van der Waals surface area (Å²) in [4.78, 5) is 14.2. The first-order valence-electron chi connectivity index (χ1n) is 8.89. The molecule has 1 N–H and O–H groups in total. The number of aliphatic hydroxyl groups is 1. The van der Waals surface area contributed by atoms with Crippen molar-refractivity contribution >= 4 is 5.78 Å². The molecule has 4 rings (SSSR count). The van der Waals surface area contributed by atoms with E-state index in [0.29, 0.717) is 17.8 Å². The fraction of sp³-hybridized carbons (Fsp3) is 0.611. The van der Waals surface area contributed by atoms with Gasteiger partial charge in [0.25, 0.3) is 0 Å². The predicted octanol–water partition coefficient (Wildman–Crippen LogP) is 1.87. The quantitative estimate of drug-likeness (QED) is 0.619. The highest BCUT2D eigenvalue weighted by Crippen LogP contribution is 2.57. The van der Waals surface area contributed by atoms with Gasteiger partial charge in [-0.05, 0) is 30.4 Å². The zero-order valence-electron chi connectivity index (χ0n) is 15.8.